The van der Waals surface area contributed by atoms with E-state index in [1.807, 2.05) is 6.07 Å². The predicted octanol–water partition coefficient (Wildman–Crippen LogP) is 2.22. The van der Waals surface area contributed by atoms with Gasteiger partial charge in [-0.25, -0.2) is 4.79 Å². The Labute approximate surface area is 123 Å². The van der Waals surface area contributed by atoms with E-state index in [1.54, 1.807) is 24.3 Å². The standard InChI is InChI=1S/C14H11NO5S/c16-13(15-12-6-5-11(21-12)14(17)18)10-7-19-8-3-1-2-4-9(8)20-10/h1-6,10H,7H2,(H,15,16)(H,17,18). The zero-order chi connectivity index (χ0) is 14.8. The SMILES string of the molecule is O=C(O)c1ccc(NC(=O)C2COc3ccccc3O2)s1. The molecule has 6 nitrogen and oxygen atoms in total. The fourth-order valence-electron chi connectivity index (χ4n) is 1.87. The molecule has 0 radical (unpaired) electrons. The minimum atomic E-state index is -1.02. The van der Waals surface area contributed by atoms with E-state index in [1.165, 1.54) is 6.07 Å². The van der Waals surface area contributed by atoms with Crippen LogP contribution in [0.25, 0.3) is 0 Å². The van der Waals surface area contributed by atoms with Crippen molar-refractivity contribution in [3.05, 3.63) is 41.3 Å². The van der Waals surface area contributed by atoms with Crippen LogP contribution in [0, 0.1) is 0 Å². The fourth-order valence-corrected chi connectivity index (χ4v) is 2.62. The lowest BCUT2D eigenvalue weighted by atomic mass is 10.2. The Morgan fingerprint density at radius 2 is 1.95 bits per heavy atom. The lowest BCUT2D eigenvalue weighted by Crippen LogP contribution is -2.40. The Hall–Kier alpha value is -2.54. The van der Waals surface area contributed by atoms with Crippen LogP contribution in [0.15, 0.2) is 36.4 Å². The van der Waals surface area contributed by atoms with Gasteiger partial charge in [-0.2, -0.15) is 0 Å². The summed E-state index contributed by atoms with van der Waals surface area (Å²) in [5.41, 5.74) is 0. The number of carbonyl (C=O) groups is 2. The number of carbonyl (C=O) groups excluding carboxylic acids is 1. The van der Waals surface area contributed by atoms with Crippen molar-refractivity contribution < 1.29 is 24.2 Å². The van der Waals surface area contributed by atoms with Gasteiger partial charge in [-0.3, -0.25) is 4.79 Å². The number of benzene rings is 1. The molecule has 3 rings (SSSR count). The number of carboxylic acids is 1. The number of para-hydroxylation sites is 2. The monoisotopic (exact) mass is 305 g/mol. The topological polar surface area (TPSA) is 84.9 Å². The van der Waals surface area contributed by atoms with Crippen LogP contribution < -0.4 is 14.8 Å². The normalized spacial score (nSPS) is 16.3. The zero-order valence-corrected chi connectivity index (χ0v) is 11.6. The van der Waals surface area contributed by atoms with Crippen LogP contribution in [0.5, 0.6) is 11.5 Å². The quantitative estimate of drug-likeness (QED) is 0.908. The van der Waals surface area contributed by atoms with E-state index in [2.05, 4.69) is 5.32 Å². The Morgan fingerprint density at radius 3 is 2.67 bits per heavy atom. The maximum Gasteiger partial charge on any atom is 0.345 e. The second-order valence-electron chi connectivity index (χ2n) is 4.32. The second-order valence-corrected chi connectivity index (χ2v) is 5.41. The van der Waals surface area contributed by atoms with Gasteiger partial charge in [-0.1, -0.05) is 12.1 Å². The van der Waals surface area contributed by atoms with Crippen molar-refractivity contribution in [1.82, 2.24) is 0 Å². The Kier molecular flexibility index (Phi) is 3.49. The summed E-state index contributed by atoms with van der Waals surface area (Å²) >= 11 is 0.991. The molecule has 0 fully saturated rings. The number of thiophene rings is 1. The number of amides is 1. The molecule has 2 N–H and O–H groups in total. The molecule has 1 unspecified atom stereocenters. The summed E-state index contributed by atoms with van der Waals surface area (Å²) in [6.45, 7) is 0.111. The van der Waals surface area contributed by atoms with E-state index in [9.17, 15) is 9.59 Å². The third-order valence-electron chi connectivity index (χ3n) is 2.86. The molecule has 21 heavy (non-hydrogen) atoms. The molecule has 1 amide bonds. The highest BCUT2D eigenvalue weighted by atomic mass is 32.1. The number of nitrogens with one attached hydrogen (secondary N) is 1. The number of rotatable bonds is 3. The van der Waals surface area contributed by atoms with Crippen molar-refractivity contribution in [1.29, 1.82) is 0 Å². The molecule has 0 saturated heterocycles. The van der Waals surface area contributed by atoms with Gasteiger partial charge in [-0.15, -0.1) is 11.3 Å². The first-order valence-corrected chi connectivity index (χ1v) is 6.97. The van der Waals surface area contributed by atoms with Crippen molar-refractivity contribution >= 4 is 28.2 Å². The summed E-state index contributed by atoms with van der Waals surface area (Å²) in [6, 6.07) is 10.1. The summed E-state index contributed by atoms with van der Waals surface area (Å²) in [4.78, 5) is 23.1. The van der Waals surface area contributed by atoms with E-state index in [0.29, 0.717) is 16.5 Å². The average Bonchev–Trinajstić information content (AvgIpc) is 2.95. The number of ether oxygens (including phenoxy) is 2. The Bertz CT molecular complexity index is 696. The smallest absolute Gasteiger partial charge is 0.345 e. The summed E-state index contributed by atoms with van der Waals surface area (Å²) in [7, 11) is 0. The van der Waals surface area contributed by atoms with Crippen molar-refractivity contribution in [2.45, 2.75) is 6.10 Å². The van der Waals surface area contributed by atoms with Gasteiger partial charge in [0.25, 0.3) is 5.91 Å². The number of hydrogen-bond donors (Lipinski definition) is 2. The third kappa shape index (κ3) is 2.82. The molecule has 0 bridgehead atoms. The molecular formula is C14H11NO5S. The summed E-state index contributed by atoms with van der Waals surface area (Å²) in [5, 5.41) is 11.9. The summed E-state index contributed by atoms with van der Waals surface area (Å²) in [6.07, 6.45) is -0.768. The molecule has 108 valence electrons. The van der Waals surface area contributed by atoms with E-state index in [-0.39, 0.29) is 17.4 Å². The molecule has 1 atom stereocenters. The molecule has 0 saturated carbocycles. The molecular weight excluding hydrogens is 294 g/mol. The number of carboxylic acid groups (broad SMARTS) is 1. The zero-order valence-electron chi connectivity index (χ0n) is 10.7. The first kappa shape index (κ1) is 13.4. The Morgan fingerprint density at radius 1 is 1.19 bits per heavy atom. The number of aromatic carboxylic acids is 1. The van der Waals surface area contributed by atoms with Gasteiger partial charge in [0, 0.05) is 0 Å². The Balaban J connectivity index is 1.67. The summed E-state index contributed by atoms with van der Waals surface area (Å²) in [5.74, 6) is -0.276. The third-order valence-corrected chi connectivity index (χ3v) is 3.85. The molecule has 0 spiro atoms. The van der Waals surface area contributed by atoms with Crippen molar-refractivity contribution in [3.63, 3.8) is 0 Å². The van der Waals surface area contributed by atoms with Gasteiger partial charge in [0.15, 0.2) is 11.5 Å². The maximum absolute atomic E-state index is 12.1. The molecule has 1 aliphatic rings. The van der Waals surface area contributed by atoms with Gasteiger partial charge in [0.2, 0.25) is 6.10 Å². The summed E-state index contributed by atoms with van der Waals surface area (Å²) < 4.78 is 11.0. The van der Waals surface area contributed by atoms with Crippen LogP contribution >= 0.6 is 11.3 Å². The van der Waals surface area contributed by atoms with Gasteiger partial charge >= 0.3 is 5.97 Å². The molecule has 7 heteroatoms. The molecule has 1 aromatic heterocycles. The highest BCUT2D eigenvalue weighted by molar-refractivity contribution is 7.18. The number of anilines is 1. The van der Waals surface area contributed by atoms with E-state index in [0.717, 1.165) is 11.3 Å². The molecule has 1 aliphatic heterocycles. The van der Waals surface area contributed by atoms with Crippen LogP contribution in [-0.4, -0.2) is 29.7 Å². The minimum absolute atomic E-state index is 0.111. The van der Waals surface area contributed by atoms with Crippen LogP contribution in [-0.2, 0) is 4.79 Å². The van der Waals surface area contributed by atoms with Crippen LogP contribution in [0.2, 0.25) is 0 Å². The lowest BCUT2D eigenvalue weighted by molar-refractivity contribution is -0.125. The molecule has 1 aromatic carbocycles. The van der Waals surface area contributed by atoms with Crippen LogP contribution in [0.4, 0.5) is 5.00 Å². The second kappa shape index (κ2) is 5.45. The lowest BCUT2D eigenvalue weighted by Gasteiger charge is -2.25. The molecule has 2 aromatic rings. The number of fused-ring (bicyclic) bond motifs is 1. The van der Waals surface area contributed by atoms with Crippen molar-refractivity contribution in [3.8, 4) is 11.5 Å². The van der Waals surface area contributed by atoms with Crippen molar-refractivity contribution in [2.75, 3.05) is 11.9 Å². The average molecular weight is 305 g/mol. The minimum Gasteiger partial charge on any atom is -0.485 e. The van der Waals surface area contributed by atoms with E-state index >= 15 is 0 Å². The first-order chi connectivity index (χ1) is 10.1. The van der Waals surface area contributed by atoms with Crippen LogP contribution in [0.3, 0.4) is 0 Å². The van der Waals surface area contributed by atoms with Crippen molar-refractivity contribution in [2.24, 2.45) is 0 Å². The predicted molar refractivity (Wildman–Crippen MR) is 76.3 cm³/mol. The van der Waals surface area contributed by atoms with Crippen LogP contribution in [0.1, 0.15) is 9.67 Å². The van der Waals surface area contributed by atoms with Gasteiger partial charge in [0.1, 0.15) is 11.5 Å². The first-order valence-electron chi connectivity index (χ1n) is 6.16. The van der Waals surface area contributed by atoms with Gasteiger partial charge < -0.3 is 19.9 Å². The van der Waals surface area contributed by atoms with E-state index in [4.69, 9.17) is 14.6 Å². The highest BCUT2D eigenvalue weighted by Gasteiger charge is 2.27. The maximum atomic E-state index is 12.1. The fraction of sp³-hybridized carbons (Fsp3) is 0.143. The van der Waals surface area contributed by atoms with E-state index < -0.39 is 12.1 Å². The van der Waals surface area contributed by atoms with Gasteiger partial charge in [-0.05, 0) is 24.3 Å². The molecule has 0 aliphatic carbocycles. The largest absolute Gasteiger partial charge is 0.485 e. The van der Waals surface area contributed by atoms with Gasteiger partial charge in [0.05, 0.1) is 5.00 Å². The highest BCUT2D eigenvalue weighted by Crippen LogP contribution is 2.31. The number of hydrogen-bond acceptors (Lipinski definition) is 5. The molecule has 2 heterocycles.